The molecule has 0 aromatic carbocycles. The van der Waals surface area contributed by atoms with Crippen LogP contribution in [0.2, 0.25) is 0 Å². The molecule has 0 aliphatic heterocycles. The standard InChI is InChI=1S/C13H15N3/c1-3-6-12(4-2)16-10-11-7-5-8-15-13(11)9-14/h2,5,7-8,12,16H,3,6,10H2,1H3. The van der Waals surface area contributed by atoms with E-state index in [4.69, 9.17) is 11.7 Å². The molecule has 82 valence electrons. The first-order valence-corrected chi connectivity index (χ1v) is 5.35. The SMILES string of the molecule is C#CC(CCC)NCc1cccnc1C#N. The third kappa shape index (κ3) is 3.38. The number of nitrogens with one attached hydrogen (secondary N) is 1. The zero-order valence-electron chi connectivity index (χ0n) is 9.40. The quantitative estimate of drug-likeness (QED) is 0.759. The van der Waals surface area contributed by atoms with Gasteiger partial charge in [0.15, 0.2) is 0 Å². The van der Waals surface area contributed by atoms with Gasteiger partial charge in [0.2, 0.25) is 0 Å². The molecular formula is C13H15N3. The van der Waals surface area contributed by atoms with Gasteiger partial charge in [-0.25, -0.2) is 4.98 Å². The lowest BCUT2D eigenvalue weighted by molar-refractivity contribution is 0.562. The molecule has 1 N–H and O–H groups in total. The average Bonchev–Trinajstić information content (AvgIpc) is 2.34. The van der Waals surface area contributed by atoms with E-state index in [1.807, 2.05) is 12.1 Å². The van der Waals surface area contributed by atoms with Gasteiger partial charge in [0.25, 0.3) is 0 Å². The molecule has 0 saturated carbocycles. The molecule has 0 amide bonds. The topological polar surface area (TPSA) is 48.7 Å². The Morgan fingerprint density at radius 1 is 1.62 bits per heavy atom. The number of terminal acetylenes is 1. The predicted molar refractivity (Wildman–Crippen MR) is 63.3 cm³/mol. The van der Waals surface area contributed by atoms with Gasteiger partial charge in [0, 0.05) is 18.3 Å². The van der Waals surface area contributed by atoms with Gasteiger partial charge in [0.05, 0.1) is 6.04 Å². The summed E-state index contributed by atoms with van der Waals surface area (Å²) in [6, 6.07) is 5.84. The zero-order valence-corrected chi connectivity index (χ0v) is 9.40. The van der Waals surface area contributed by atoms with Crippen LogP contribution in [0.1, 0.15) is 31.0 Å². The molecule has 16 heavy (non-hydrogen) atoms. The molecule has 0 radical (unpaired) electrons. The lowest BCUT2D eigenvalue weighted by Crippen LogP contribution is -2.27. The van der Waals surface area contributed by atoms with Gasteiger partial charge in [-0.15, -0.1) is 6.42 Å². The molecule has 0 bridgehead atoms. The van der Waals surface area contributed by atoms with Crippen LogP contribution in [0.15, 0.2) is 18.3 Å². The van der Waals surface area contributed by atoms with Crippen LogP contribution in [0, 0.1) is 23.7 Å². The molecule has 1 heterocycles. The van der Waals surface area contributed by atoms with E-state index in [0.29, 0.717) is 12.2 Å². The van der Waals surface area contributed by atoms with Crippen LogP contribution in [0.3, 0.4) is 0 Å². The number of nitriles is 1. The van der Waals surface area contributed by atoms with Gasteiger partial charge in [0.1, 0.15) is 11.8 Å². The van der Waals surface area contributed by atoms with Crippen molar-refractivity contribution in [3.63, 3.8) is 0 Å². The van der Waals surface area contributed by atoms with E-state index in [1.165, 1.54) is 0 Å². The minimum atomic E-state index is 0.0664. The van der Waals surface area contributed by atoms with Crippen LogP contribution in [0.5, 0.6) is 0 Å². The maximum Gasteiger partial charge on any atom is 0.144 e. The second-order valence-corrected chi connectivity index (χ2v) is 3.51. The molecular weight excluding hydrogens is 198 g/mol. The van der Waals surface area contributed by atoms with Crippen LogP contribution >= 0.6 is 0 Å². The van der Waals surface area contributed by atoms with Crippen molar-refractivity contribution in [3.05, 3.63) is 29.6 Å². The third-order valence-corrected chi connectivity index (χ3v) is 2.31. The van der Waals surface area contributed by atoms with E-state index in [0.717, 1.165) is 18.4 Å². The van der Waals surface area contributed by atoms with Gasteiger partial charge in [-0.1, -0.05) is 25.3 Å². The summed E-state index contributed by atoms with van der Waals surface area (Å²) in [7, 11) is 0. The van der Waals surface area contributed by atoms with Crippen LogP contribution in [-0.4, -0.2) is 11.0 Å². The normalized spacial score (nSPS) is 11.4. The van der Waals surface area contributed by atoms with Gasteiger partial charge >= 0.3 is 0 Å². The lowest BCUT2D eigenvalue weighted by atomic mass is 10.1. The Balaban J connectivity index is 2.61. The van der Waals surface area contributed by atoms with Gasteiger partial charge in [-0.2, -0.15) is 5.26 Å². The predicted octanol–water partition coefficient (Wildman–Crippen LogP) is 1.84. The summed E-state index contributed by atoms with van der Waals surface area (Å²) in [6.45, 7) is 2.68. The summed E-state index contributed by atoms with van der Waals surface area (Å²) in [4.78, 5) is 3.99. The average molecular weight is 213 g/mol. The number of hydrogen-bond acceptors (Lipinski definition) is 3. The van der Waals surface area contributed by atoms with Crippen molar-refractivity contribution >= 4 is 0 Å². The fourth-order valence-electron chi connectivity index (χ4n) is 1.45. The lowest BCUT2D eigenvalue weighted by Gasteiger charge is -2.12. The van der Waals surface area contributed by atoms with Gasteiger partial charge in [-0.3, -0.25) is 5.32 Å². The molecule has 1 rings (SSSR count). The maximum absolute atomic E-state index is 8.86. The van der Waals surface area contributed by atoms with Crippen molar-refractivity contribution in [1.29, 1.82) is 5.26 Å². The highest BCUT2D eigenvalue weighted by Gasteiger charge is 2.05. The van der Waals surface area contributed by atoms with Crippen molar-refractivity contribution < 1.29 is 0 Å². The molecule has 0 fully saturated rings. The van der Waals surface area contributed by atoms with E-state index < -0.39 is 0 Å². The molecule has 0 spiro atoms. The number of nitrogens with zero attached hydrogens (tertiary/aromatic N) is 2. The summed E-state index contributed by atoms with van der Waals surface area (Å²) in [5.74, 6) is 2.70. The van der Waals surface area contributed by atoms with Crippen molar-refractivity contribution in [2.24, 2.45) is 0 Å². The molecule has 1 aromatic heterocycles. The Morgan fingerprint density at radius 2 is 2.44 bits per heavy atom. The zero-order chi connectivity index (χ0) is 11.8. The third-order valence-electron chi connectivity index (χ3n) is 2.31. The fraction of sp³-hybridized carbons (Fsp3) is 0.385. The van der Waals surface area contributed by atoms with Crippen LogP contribution in [-0.2, 0) is 6.54 Å². The first kappa shape index (κ1) is 12.2. The maximum atomic E-state index is 8.86. The summed E-state index contributed by atoms with van der Waals surface area (Å²) in [5, 5.41) is 12.1. The van der Waals surface area contributed by atoms with Crippen LogP contribution in [0.25, 0.3) is 0 Å². The Bertz CT molecular complexity index is 412. The van der Waals surface area contributed by atoms with E-state index in [1.54, 1.807) is 6.20 Å². The van der Waals surface area contributed by atoms with E-state index in [-0.39, 0.29) is 6.04 Å². The minimum Gasteiger partial charge on any atom is -0.299 e. The number of rotatable bonds is 5. The molecule has 3 heteroatoms. The highest BCUT2D eigenvalue weighted by molar-refractivity contribution is 5.30. The number of pyridine rings is 1. The Morgan fingerprint density at radius 3 is 3.06 bits per heavy atom. The first-order valence-electron chi connectivity index (χ1n) is 5.35. The Kier molecular flexibility index (Phi) is 5.05. The van der Waals surface area contributed by atoms with E-state index in [2.05, 4.69) is 29.2 Å². The molecule has 0 aliphatic rings. The second kappa shape index (κ2) is 6.61. The monoisotopic (exact) mass is 213 g/mol. The highest BCUT2D eigenvalue weighted by atomic mass is 14.9. The summed E-state index contributed by atoms with van der Waals surface area (Å²) < 4.78 is 0. The Labute approximate surface area is 96.5 Å². The van der Waals surface area contributed by atoms with Crippen molar-refractivity contribution in [2.75, 3.05) is 0 Å². The van der Waals surface area contributed by atoms with Gasteiger partial charge < -0.3 is 0 Å². The highest BCUT2D eigenvalue weighted by Crippen LogP contribution is 2.04. The van der Waals surface area contributed by atoms with E-state index >= 15 is 0 Å². The molecule has 1 aromatic rings. The second-order valence-electron chi connectivity index (χ2n) is 3.51. The smallest absolute Gasteiger partial charge is 0.144 e. The molecule has 0 aliphatic carbocycles. The van der Waals surface area contributed by atoms with E-state index in [9.17, 15) is 0 Å². The van der Waals surface area contributed by atoms with Crippen molar-refractivity contribution in [1.82, 2.24) is 10.3 Å². The summed E-state index contributed by atoms with van der Waals surface area (Å²) in [5.41, 5.74) is 1.35. The Hall–Kier alpha value is -1.84. The first-order chi connectivity index (χ1) is 7.81. The molecule has 1 atom stereocenters. The molecule has 1 unspecified atom stereocenters. The number of hydrogen-bond donors (Lipinski definition) is 1. The largest absolute Gasteiger partial charge is 0.299 e. The molecule has 3 nitrogen and oxygen atoms in total. The van der Waals surface area contributed by atoms with Crippen molar-refractivity contribution in [3.8, 4) is 18.4 Å². The minimum absolute atomic E-state index is 0.0664. The molecule has 0 saturated heterocycles. The fourth-order valence-corrected chi connectivity index (χ4v) is 1.45. The van der Waals surface area contributed by atoms with Crippen LogP contribution < -0.4 is 5.32 Å². The van der Waals surface area contributed by atoms with Gasteiger partial charge in [-0.05, 0) is 12.5 Å². The summed E-state index contributed by atoms with van der Waals surface area (Å²) in [6.07, 6.45) is 9.00. The van der Waals surface area contributed by atoms with Crippen molar-refractivity contribution in [2.45, 2.75) is 32.4 Å². The van der Waals surface area contributed by atoms with Crippen LogP contribution in [0.4, 0.5) is 0 Å². The number of aromatic nitrogens is 1. The summed E-state index contributed by atoms with van der Waals surface area (Å²) >= 11 is 0.